The molecule has 5 N–H and O–H groups in total. The molecule has 1 aliphatic carbocycles. The van der Waals surface area contributed by atoms with Crippen molar-refractivity contribution in [3.8, 4) is 0 Å². The number of hydrogen-bond acceptors (Lipinski definition) is 7. The van der Waals surface area contributed by atoms with Crippen LogP contribution in [0, 0.1) is 11.7 Å². The molecule has 1 amide bonds. The van der Waals surface area contributed by atoms with Crippen molar-refractivity contribution in [2.75, 3.05) is 17.2 Å². The number of fused-ring (bicyclic) bond motifs is 1. The van der Waals surface area contributed by atoms with Crippen LogP contribution in [0.25, 0.3) is 11.2 Å². The molecule has 1 fully saturated rings. The van der Waals surface area contributed by atoms with E-state index in [0.29, 0.717) is 54.4 Å². The molecule has 2 heterocycles. The van der Waals surface area contributed by atoms with Crippen molar-refractivity contribution in [2.24, 2.45) is 11.7 Å². The summed E-state index contributed by atoms with van der Waals surface area (Å²) in [5.41, 5.74) is 6.92. The normalized spacial score (nSPS) is 19.4. The van der Waals surface area contributed by atoms with Crippen molar-refractivity contribution in [2.45, 2.75) is 44.7 Å². The van der Waals surface area contributed by atoms with Gasteiger partial charge in [-0.3, -0.25) is 9.36 Å². The number of carbonyl (C=O) groups excluding carboxylic acids is 1. The van der Waals surface area contributed by atoms with Crippen molar-refractivity contribution in [1.82, 2.24) is 19.5 Å². The van der Waals surface area contributed by atoms with E-state index in [1.165, 1.54) is 12.1 Å². The first-order valence-electron chi connectivity index (χ1n) is 10.6. The number of nitrogens with zero attached hydrogens (tertiary/aromatic N) is 4. The van der Waals surface area contributed by atoms with Crippen molar-refractivity contribution >= 4 is 57.9 Å². The number of amides is 1. The fraction of sp³-hybridized carbons (Fsp3) is 0.429. The molecular formula is C21H24Cl2FN7O2. The van der Waals surface area contributed by atoms with Crippen LogP contribution < -0.4 is 16.4 Å². The van der Waals surface area contributed by atoms with E-state index in [1.54, 1.807) is 6.20 Å². The lowest BCUT2D eigenvalue weighted by Gasteiger charge is -2.29. The van der Waals surface area contributed by atoms with E-state index in [9.17, 15) is 14.3 Å². The molecule has 0 saturated heterocycles. The number of aliphatic hydroxyl groups is 1. The summed E-state index contributed by atoms with van der Waals surface area (Å²) in [5.74, 6) is -0.233. The summed E-state index contributed by atoms with van der Waals surface area (Å²) in [6, 6.07) is 2.07. The third kappa shape index (κ3) is 4.97. The third-order valence-corrected chi connectivity index (χ3v) is 6.39. The van der Waals surface area contributed by atoms with Gasteiger partial charge in [0.1, 0.15) is 11.3 Å². The number of benzene rings is 1. The molecule has 0 bridgehead atoms. The number of halogens is 3. The SMILES string of the molecule is C[C@H](CO)Nc1ncc2nc(Nc3c(Cl)cc(F)cc3Cl)n([C@H]3CC[C@@H](C(N)=O)CC3)c2n1. The van der Waals surface area contributed by atoms with Gasteiger partial charge in [-0.25, -0.2) is 14.4 Å². The summed E-state index contributed by atoms with van der Waals surface area (Å²) in [6.45, 7) is 1.73. The van der Waals surface area contributed by atoms with Crippen LogP contribution in [-0.2, 0) is 4.79 Å². The number of rotatable bonds is 7. The molecule has 33 heavy (non-hydrogen) atoms. The summed E-state index contributed by atoms with van der Waals surface area (Å²) < 4.78 is 15.6. The van der Waals surface area contributed by atoms with Gasteiger partial charge in [0.2, 0.25) is 17.8 Å². The van der Waals surface area contributed by atoms with Gasteiger partial charge in [0.15, 0.2) is 5.65 Å². The van der Waals surface area contributed by atoms with Gasteiger partial charge < -0.3 is 21.5 Å². The Hall–Kier alpha value is -2.69. The minimum Gasteiger partial charge on any atom is -0.394 e. The minimum absolute atomic E-state index is 0.0240. The Morgan fingerprint density at radius 3 is 2.55 bits per heavy atom. The van der Waals surface area contributed by atoms with Crippen LogP contribution in [0.4, 0.5) is 22.0 Å². The standard InChI is InChI=1S/C21H24Cl2FN7O2/c1-10(9-32)27-20-26-8-16-19(30-20)31(13-4-2-11(3-5-13)18(25)33)21(28-16)29-17-14(22)6-12(24)7-15(17)23/h6-8,10-11,13,32H,2-5,9H2,1H3,(H2,25,33)(H,28,29)(H,26,27,30)/t10-,11-,13+/m1/s1. The number of nitrogens with one attached hydrogen (secondary N) is 2. The summed E-state index contributed by atoms with van der Waals surface area (Å²) in [7, 11) is 0. The average molecular weight is 496 g/mol. The minimum atomic E-state index is -0.548. The molecule has 2 aromatic heterocycles. The Bertz CT molecular complexity index is 1160. The molecule has 1 atom stereocenters. The first-order valence-corrected chi connectivity index (χ1v) is 11.4. The number of aromatic nitrogens is 4. The predicted octanol–water partition coefficient (Wildman–Crippen LogP) is 4.03. The van der Waals surface area contributed by atoms with Gasteiger partial charge in [0.25, 0.3) is 0 Å². The highest BCUT2D eigenvalue weighted by Crippen LogP contribution is 2.39. The highest BCUT2D eigenvalue weighted by atomic mass is 35.5. The van der Waals surface area contributed by atoms with Gasteiger partial charge in [-0.2, -0.15) is 4.98 Å². The molecule has 1 aromatic carbocycles. The lowest BCUT2D eigenvalue weighted by Crippen LogP contribution is -2.29. The highest BCUT2D eigenvalue weighted by Gasteiger charge is 2.29. The molecule has 0 spiro atoms. The lowest BCUT2D eigenvalue weighted by atomic mass is 9.85. The van der Waals surface area contributed by atoms with E-state index >= 15 is 0 Å². The van der Waals surface area contributed by atoms with Gasteiger partial charge in [0, 0.05) is 18.0 Å². The first-order chi connectivity index (χ1) is 15.8. The van der Waals surface area contributed by atoms with Crippen LogP contribution in [0.3, 0.4) is 0 Å². The molecule has 1 aliphatic rings. The Morgan fingerprint density at radius 1 is 1.27 bits per heavy atom. The Morgan fingerprint density at radius 2 is 1.94 bits per heavy atom. The number of imidazole rings is 1. The zero-order chi connectivity index (χ0) is 23.7. The van der Waals surface area contributed by atoms with Crippen LogP contribution in [0.1, 0.15) is 38.6 Å². The fourth-order valence-electron chi connectivity index (χ4n) is 4.05. The maximum atomic E-state index is 13.7. The summed E-state index contributed by atoms with van der Waals surface area (Å²) in [5, 5.41) is 15.7. The van der Waals surface area contributed by atoms with Crippen molar-refractivity contribution in [3.63, 3.8) is 0 Å². The van der Waals surface area contributed by atoms with Gasteiger partial charge in [-0.1, -0.05) is 23.2 Å². The maximum absolute atomic E-state index is 13.7. The molecule has 1 saturated carbocycles. The fourth-order valence-corrected chi connectivity index (χ4v) is 4.61. The zero-order valence-electron chi connectivity index (χ0n) is 17.9. The number of primary amides is 1. The molecule has 3 aromatic rings. The monoisotopic (exact) mass is 495 g/mol. The Labute approximate surface area is 199 Å². The largest absolute Gasteiger partial charge is 0.394 e. The topological polar surface area (TPSA) is 131 Å². The number of hydrogen-bond donors (Lipinski definition) is 4. The van der Waals surface area contributed by atoms with E-state index in [4.69, 9.17) is 28.9 Å². The number of anilines is 3. The molecule has 12 heteroatoms. The Balaban J connectivity index is 1.77. The highest BCUT2D eigenvalue weighted by molar-refractivity contribution is 6.39. The van der Waals surface area contributed by atoms with Crippen LogP contribution >= 0.6 is 23.2 Å². The molecule has 0 radical (unpaired) electrons. The maximum Gasteiger partial charge on any atom is 0.225 e. The Kier molecular flexibility index (Phi) is 6.87. The van der Waals surface area contributed by atoms with Gasteiger partial charge in [0.05, 0.1) is 28.5 Å². The third-order valence-electron chi connectivity index (χ3n) is 5.79. The van der Waals surface area contributed by atoms with E-state index < -0.39 is 5.82 Å². The van der Waals surface area contributed by atoms with Crippen molar-refractivity contribution < 1.29 is 14.3 Å². The predicted molar refractivity (Wildman–Crippen MR) is 125 cm³/mol. The molecule has 176 valence electrons. The smallest absolute Gasteiger partial charge is 0.225 e. The van der Waals surface area contributed by atoms with E-state index in [2.05, 4.69) is 25.6 Å². The quantitative estimate of drug-likeness (QED) is 0.389. The number of nitrogens with two attached hydrogens (primary N) is 1. The van der Waals surface area contributed by atoms with Crippen LogP contribution in [-0.4, -0.2) is 43.2 Å². The second-order valence-corrected chi connectivity index (χ2v) is 9.03. The van der Waals surface area contributed by atoms with E-state index in [-0.39, 0.29) is 40.6 Å². The van der Waals surface area contributed by atoms with Gasteiger partial charge in [-0.05, 0) is 44.7 Å². The second kappa shape index (κ2) is 9.66. The summed E-state index contributed by atoms with van der Waals surface area (Å²) in [4.78, 5) is 25.2. The number of aliphatic hydroxyl groups excluding tert-OH is 1. The second-order valence-electron chi connectivity index (χ2n) is 8.21. The zero-order valence-corrected chi connectivity index (χ0v) is 19.4. The average Bonchev–Trinajstić information content (AvgIpc) is 3.13. The van der Waals surface area contributed by atoms with E-state index in [0.717, 1.165) is 0 Å². The first kappa shape index (κ1) is 23.5. The molecule has 4 rings (SSSR count). The van der Waals surface area contributed by atoms with Crippen molar-refractivity contribution in [1.29, 1.82) is 0 Å². The van der Waals surface area contributed by atoms with Crippen molar-refractivity contribution in [3.05, 3.63) is 34.2 Å². The lowest BCUT2D eigenvalue weighted by molar-refractivity contribution is -0.122. The molecule has 9 nitrogen and oxygen atoms in total. The molecular weight excluding hydrogens is 472 g/mol. The van der Waals surface area contributed by atoms with Crippen LogP contribution in [0.5, 0.6) is 0 Å². The number of carbonyl (C=O) groups is 1. The molecule has 0 unspecified atom stereocenters. The summed E-state index contributed by atoms with van der Waals surface area (Å²) >= 11 is 12.5. The summed E-state index contributed by atoms with van der Waals surface area (Å²) in [6.07, 6.45) is 4.26. The van der Waals surface area contributed by atoms with E-state index in [1.807, 2.05) is 11.5 Å². The van der Waals surface area contributed by atoms with Gasteiger partial charge >= 0.3 is 0 Å². The van der Waals surface area contributed by atoms with Crippen LogP contribution in [0.15, 0.2) is 18.3 Å². The van der Waals surface area contributed by atoms with Crippen LogP contribution in [0.2, 0.25) is 10.0 Å². The molecule has 0 aliphatic heterocycles. The van der Waals surface area contributed by atoms with Gasteiger partial charge in [-0.15, -0.1) is 0 Å².